The number of urea groups is 1. The minimum Gasteiger partial charge on any atom is -0.333 e. The number of halogens is 2. The maximum atomic E-state index is 12.4. The molecule has 124 valence electrons. The van der Waals surface area contributed by atoms with E-state index < -0.39 is 22.0 Å². The molecule has 0 spiro atoms. The van der Waals surface area contributed by atoms with Crippen molar-refractivity contribution in [2.45, 2.75) is 11.4 Å². The lowest BCUT2D eigenvalue weighted by Crippen LogP contribution is -2.43. The van der Waals surface area contributed by atoms with Crippen molar-refractivity contribution in [3.05, 3.63) is 63.6 Å². The quantitative estimate of drug-likeness (QED) is 0.862. The average Bonchev–Trinajstić information content (AvgIpc) is 2.71. The van der Waals surface area contributed by atoms with Crippen molar-refractivity contribution in [1.82, 2.24) is 9.62 Å². The first-order chi connectivity index (χ1) is 11.3. The van der Waals surface area contributed by atoms with Gasteiger partial charge in [0.15, 0.2) is 0 Å². The van der Waals surface area contributed by atoms with Crippen molar-refractivity contribution in [2.75, 3.05) is 0 Å². The minimum absolute atomic E-state index is 0.0292. The molecule has 0 bridgehead atoms. The van der Waals surface area contributed by atoms with Crippen LogP contribution < -0.4 is 5.32 Å². The lowest BCUT2D eigenvalue weighted by Gasteiger charge is -2.14. The Balaban J connectivity index is 1.82. The van der Waals surface area contributed by atoms with Crippen molar-refractivity contribution in [3.63, 3.8) is 0 Å². The van der Waals surface area contributed by atoms with Crippen LogP contribution in [0.3, 0.4) is 0 Å². The van der Waals surface area contributed by atoms with Crippen molar-refractivity contribution in [2.24, 2.45) is 0 Å². The molecule has 0 atom stereocenters. The number of sulfonamides is 1. The molecule has 0 unspecified atom stereocenters. The smallest absolute Gasteiger partial charge is 0.333 e. The van der Waals surface area contributed by atoms with Gasteiger partial charge < -0.3 is 5.32 Å². The maximum absolute atomic E-state index is 12.4. The Labute approximate surface area is 148 Å². The monoisotopic (exact) mass is 384 g/mol. The second kappa shape index (κ2) is 6.08. The highest BCUT2D eigenvalue weighted by Crippen LogP contribution is 2.30. The second-order valence-electron chi connectivity index (χ2n) is 5.01. The van der Waals surface area contributed by atoms with E-state index in [2.05, 4.69) is 5.32 Å². The number of amides is 3. The summed E-state index contributed by atoms with van der Waals surface area (Å²) in [7, 11) is -4.20. The molecule has 0 aliphatic carbocycles. The number of benzene rings is 2. The van der Waals surface area contributed by atoms with Gasteiger partial charge in [-0.15, -0.1) is 4.31 Å². The second-order valence-corrected chi connectivity index (χ2v) is 7.64. The highest BCUT2D eigenvalue weighted by molar-refractivity contribution is 7.90. The van der Waals surface area contributed by atoms with Crippen LogP contribution in [-0.4, -0.2) is 24.7 Å². The molecule has 3 amide bonds. The summed E-state index contributed by atoms with van der Waals surface area (Å²) < 4.78 is 24.9. The number of carbonyl (C=O) groups is 2. The summed E-state index contributed by atoms with van der Waals surface area (Å²) in [5, 5.41) is 3.14. The Hall–Kier alpha value is -2.09. The van der Waals surface area contributed by atoms with Gasteiger partial charge in [-0.05, 0) is 35.9 Å². The van der Waals surface area contributed by atoms with Crippen molar-refractivity contribution < 1.29 is 18.0 Å². The van der Waals surface area contributed by atoms with E-state index in [4.69, 9.17) is 23.2 Å². The van der Waals surface area contributed by atoms with E-state index in [1.54, 1.807) is 12.1 Å². The first kappa shape index (κ1) is 16.8. The summed E-state index contributed by atoms with van der Waals surface area (Å²) in [5.41, 5.74) is 0.542. The number of carbonyl (C=O) groups excluding carboxylic acids is 2. The molecule has 0 radical (unpaired) electrons. The van der Waals surface area contributed by atoms with E-state index in [1.807, 2.05) is 0 Å². The number of hydrogen-bond donors (Lipinski definition) is 1. The molecule has 1 heterocycles. The summed E-state index contributed by atoms with van der Waals surface area (Å²) in [4.78, 5) is 24.3. The van der Waals surface area contributed by atoms with Crippen molar-refractivity contribution >= 4 is 45.2 Å². The molecule has 0 saturated carbocycles. The van der Waals surface area contributed by atoms with Gasteiger partial charge in [0, 0.05) is 16.6 Å². The first-order valence-electron chi connectivity index (χ1n) is 6.72. The summed E-state index contributed by atoms with van der Waals surface area (Å²) in [6.45, 7) is -0.0330. The molecular formula is C15H10Cl2N2O4S. The lowest BCUT2D eigenvalue weighted by atomic mass is 10.2. The number of nitrogens with one attached hydrogen (secondary N) is 1. The van der Waals surface area contributed by atoms with Gasteiger partial charge in [0.1, 0.15) is 4.90 Å². The molecule has 1 aliphatic rings. The van der Waals surface area contributed by atoms with Gasteiger partial charge in [-0.2, -0.15) is 0 Å². The van der Waals surface area contributed by atoms with Gasteiger partial charge in [0.05, 0.1) is 5.56 Å². The normalized spacial score (nSPS) is 15.2. The largest absolute Gasteiger partial charge is 0.339 e. The summed E-state index contributed by atoms with van der Waals surface area (Å²) in [5.74, 6) is -0.882. The van der Waals surface area contributed by atoms with Crippen LogP contribution in [0.15, 0.2) is 47.4 Å². The van der Waals surface area contributed by atoms with Gasteiger partial charge in [-0.25, -0.2) is 13.2 Å². The Kier molecular flexibility index (Phi) is 4.25. The summed E-state index contributed by atoms with van der Waals surface area (Å²) in [6.07, 6.45) is 0. The topological polar surface area (TPSA) is 83.6 Å². The van der Waals surface area contributed by atoms with Crippen molar-refractivity contribution in [1.29, 1.82) is 0 Å². The fourth-order valence-corrected chi connectivity index (χ4v) is 4.40. The molecule has 1 aliphatic heterocycles. The predicted octanol–water partition coefficient (Wildman–Crippen LogP) is 3.05. The number of fused-ring (bicyclic) bond motifs is 1. The van der Waals surface area contributed by atoms with Crippen LogP contribution in [0.2, 0.25) is 10.0 Å². The van der Waals surface area contributed by atoms with Crippen LogP contribution in [0, 0.1) is 0 Å². The third-order valence-electron chi connectivity index (χ3n) is 3.37. The Bertz CT molecular complexity index is 939. The molecule has 1 N–H and O–H groups in total. The number of rotatable bonds is 2. The molecule has 0 saturated heterocycles. The van der Waals surface area contributed by atoms with Gasteiger partial charge in [-0.3, -0.25) is 4.79 Å². The van der Waals surface area contributed by atoms with E-state index in [-0.39, 0.29) is 21.3 Å². The molecule has 3 rings (SSSR count). The van der Waals surface area contributed by atoms with Crippen LogP contribution >= 0.6 is 23.2 Å². The van der Waals surface area contributed by atoms with Gasteiger partial charge in [0.2, 0.25) is 0 Å². The summed E-state index contributed by atoms with van der Waals surface area (Å²) >= 11 is 11.7. The van der Waals surface area contributed by atoms with Crippen molar-refractivity contribution in [3.8, 4) is 0 Å². The predicted molar refractivity (Wildman–Crippen MR) is 88.5 cm³/mol. The minimum atomic E-state index is -4.20. The van der Waals surface area contributed by atoms with Crippen LogP contribution in [0.5, 0.6) is 0 Å². The Morgan fingerprint density at radius 2 is 1.71 bits per heavy atom. The van der Waals surface area contributed by atoms with E-state index in [9.17, 15) is 18.0 Å². The zero-order chi connectivity index (χ0) is 17.5. The molecule has 9 heteroatoms. The first-order valence-corrected chi connectivity index (χ1v) is 8.92. The van der Waals surface area contributed by atoms with Crippen LogP contribution in [0.25, 0.3) is 0 Å². The number of hydrogen-bond acceptors (Lipinski definition) is 4. The van der Waals surface area contributed by atoms with E-state index >= 15 is 0 Å². The fraction of sp³-hybridized carbons (Fsp3) is 0.0667. The molecule has 0 fully saturated rings. The lowest BCUT2D eigenvalue weighted by molar-refractivity contribution is 0.0893. The molecule has 6 nitrogen and oxygen atoms in total. The Morgan fingerprint density at radius 1 is 1.08 bits per heavy atom. The summed E-state index contributed by atoms with van der Waals surface area (Å²) in [6, 6.07) is 9.30. The van der Waals surface area contributed by atoms with Crippen LogP contribution in [0.4, 0.5) is 4.79 Å². The molecule has 2 aromatic rings. The standard InChI is InChI=1S/C15H10Cl2N2O4S/c16-10-5-9(6-11(17)7-10)8-18-15(21)19-14(20)12-3-1-2-4-13(12)24(19,22)23/h1-7H,8H2,(H,18,21). The molecular weight excluding hydrogens is 375 g/mol. The molecule has 24 heavy (non-hydrogen) atoms. The Morgan fingerprint density at radius 3 is 2.33 bits per heavy atom. The van der Waals surface area contributed by atoms with Crippen LogP contribution in [0.1, 0.15) is 15.9 Å². The van der Waals surface area contributed by atoms with Gasteiger partial charge >= 0.3 is 6.03 Å². The average molecular weight is 385 g/mol. The highest BCUT2D eigenvalue weighted by atomic mass is 35.5. The van der Waals surface area contributed by atoms with Crippen LogP contribution in [-0.2, 0) is 16.6 Å². The third-order valence-corrected chi connectivity index (χ3v) is 5.53. The van der Waals surface area contributed by atoms with E-state index in [0.29, 0.717) is 15.6 Å². The van der Waals surface area contributed by atoms with E-state index in [0.717, 1.165) is 0 Å². The number of imide groups is 1. The third kappa shape index (κ3) is 2.86. The highest BCUT2D eigenvalue weighted by Gasteiger charge is 2.45. The zero-order valence-corrected chi connectivity index (χ0v) is 14.3. The molecule has 2 aromatic carbocycles. The zero-order valence-electron chi connectivity index (χ0n) is 12.0. The van der Waals surface area contributed by atoms with E-state index in [1.165, 1.54) is 30.3 Å². The van der Waals surface area contributed by atoms with Gasteiger partial charge in [-0.1, -0.05) is 35.3 Å². The number of nitrogens with zero attached hydrogens (tertiary/aromatic N) is 1. The SMILES string of the molecule is O=C(NCc1cc(Cl)cc(Cl)c1)N1C(=O)c2ccccc2S1(=O)=O. The fourth-order valence-electron chi connectivity index (χ4n) is 2.35. The maximum Gasteiger partial charge on any atom is 0.339 e. The van der Waals surface area contributed by atoms with Gasteiger partial charge in [0.25, 0.3) is 15.9 Å². The molecule has 0 aromatic heterocycles.